The first-order valence-corrected chi connectivity index (χ1v) is 10.6. The van der Waals surface area contributed by atoms with Crippen LogP contribution in [-0.2, 0) is 0 Å². The van der Waals surface area contributed by atoms with Gasteiger partial charge in [-0.05, 0) is 76.2 Å². The van der Waals surface area contributed by atoms with E-state index in [1.807, 2.05) is 0 Å². The van der Waals surface area contributed by atoms with Crippen LogP contribution in [0.2, 0.25) is 0 Å². The van der Waals surface area contributed by atoms with Crippen LogP contribution in [0.3, 0.4) is 0 Å². The molecule has 0 radical (unpaired) electrons. The zero-order chi connectivity index (χ0) is 16.8. The number of hydrogen-bond acceptors (Lipinski definition) is 2. The first kappa shape index (κ1) is 21.3. The van der Waals surface area contributed by atoms with Gasteiger partial charge in [-0.25, -0.2) is 0 Å². The van der Waals surface area contributed by atoms with Gasteiger partial charge in [0, 0.05) is 32.2 Å². The van der Waals surface area contributed by atoms with Crippen molar-refractivity contribution in [1.82, 2.24) is 15.5 Å². The van der Waals surface area contributed by atoms with E-state index in [-0.39, 0.29) is 24.0 Å². The number of guanidine groups is 1. The molecule has 1 heterocycles. The number of aliphatic imine (C=N–C) groups is 1. The molecule has 0 amide bonds. The summed E-state index contributed by atoms with van der Waals surface area (Å²) in [7, 11) is 0. The smallest absolute Gasteiger partial charge is 0.191 e. The quantitative estimate of drug-likeness (QED) is 0.311. The van der Waals surface area contributed by atoms with E-state index in [2.05, 4.69) is 29.4 Å². The van der Waals surface area contributed by atoms with E-state index in [0.717, 1.165) is 36.8 Å². The zero-order valence-corrected chi connectivity index (χ0v) is 18.6. The Morgan fingerprint density at radius 1 is 1.04 bits per heavy atom. The summed E-state index contributed by atoms with van der Waals surface area (Å²) in [6.45, 7) is 10.2. The molecule has 146 valence electrons. The molecule has 2 saturated carbocycles. The summed E-state index contributed by atoms with van der Waals surface area (Å²) in [5.74, 6) is 3.92. The molecule has 0 aromatic carbocycles. The molecule has 0 aromatic rings. The van der Waals surface area contributed by atoms with Gasteiger partial charge in [0.25, 0.3) is 0 Å². The monoisotopic (exact) mass is 462 g/mol. The van der Waals surface area contributed by atoms with Crippen LogP contribution in [0.15, 0.2) is 4.99 Å². The Balaban J connectivity index is 0.00000225. The van der Waals surface area contributed by atoms with Gasteiger partial charge in [-0.15, -0.1) is 24.0 Å². The van der Waals surface area contributed by atoms with E-state index >= 15 is 0 Å². The number of rotatable bonds is 9. The molecule has 2 N–H and O–H groups in total. The highest BCUT2D eigenvalue weighted by Crippen LogP contribution is 2.49. The van der Waals surface area contributed by atoms with Crippen molar-refractivity contribution in [3.8, 4) is 0 Å². The van der Waals surface area contributed by atoms with Crippen LogP contribution in [0.25, 0.3) is 0 Å². The van der Waals surface area contributed by atoms with Gasteiger partial charge in [0.05, 0.1) is 0 Å². The van der Waals surface area contributed by atoms with Crippen molar-refractivity contribution in [2.24, 2.45) is 22.7 Å². The molecule has 0 bridgehead atoms. The topological polar surface area (TPSA) is 39.7 Å². The van der Waals surface area contributed by atoms with Crippen molar-refractivity contribution in [3.63, 3.8) is 0 Å². The maximum Gasteiger partial charge on any atom is 0.191 e. The third kappa shape index (κ3) is 7.24. The minimum Gasteiger partial charge on any atom is -0.357 e. The van der Waals surface area contributed by atoms with E-state index in [1.165, 1.54) is 71.0 Å². The highest BCUT2D eigenvalue weighted by molar-refractivity contribution is 14.0. The molecule has 0 aromatic heterocycles. The molecule has 5 heteroatoms. The predicted octanol–water partition coefficient (Wildman–Crippen LogP) is 3.86. The van der Waals surface area contributed by atoms with Crippen LogP contribution in [0, 0.1) is 17.8 Å². The number of halogens is 1. The molecule has 0 spiro atoms. The SMILES string of the molecule is CCCCN1CCC(NC(=NCC(C2CC2)C2CC2)NCC)CC1.I. The lowest BCUT2D eigenvalue weighted by Crippen LogP contribution is -2.49. The van der Waals surface area contributed by atoms with Gasteiger partial charge in [0.1, 0.15) is 0 Å². The second-order valence-corrected chi connectivity index (χ2v) is 8.17. The maximum atomic E-state index is 4.98. The number of likely N-dealkylation sites (tertiary alicyclic amines) is 1. The second-order valence-electron chi connectivity index (χ2n) is 8.17. The Bertz CT molecular complexity index is 387. The lowest BCUT2D eigenvalue weighted by Gasteiger charge is -2.33. The molecule has 3 aliphatic rings. The normalized spacial score (nSPS) is 22.8. The zero-order valence-electron chi connectivity index (χ0n) is 16.3. The Hall–Kier alpha value is -0.0400. The Morgan fingerprint density at radius 3 is 2.20 bits per heavy atom. The summed E-state index contributed by atoms with van der Waals surface area (Å²) < 4.78 is 0. The summed E-state index contributed by atoms with van der Waals surface area (Å²) in [6.07, 6.45) is 11.0. The van der Waals surface area contributed by atoms with Gasteiger partial charge < -0.3 is 15.5 Å². The molecule has 4 nitrogen and oxygen atoms in total. The van der Waals surface area contributed by atoms with Crippen LogP contribution < -0.4 is 10.6 Å². The number of unbranched alkanes of at least 4 members (excludes halogenated alkanes) is 1. The molecule has 3 rings (SSSR count). The first-order valence-electron chi connectivity index (χ1n) is 10.6. The largest absolute Gasteiger partial charge is 0.357 e. The third-order valence-corrected chi connectivity index (χ3v) is 6.02. The fourth-order valence-corrected chi connectivity index (χ4v) is 4.12. The van der Waals surface area contributed by atoms with E-state index < -0.39 is 0 Å². The van der Waals surface area contributed by atoms with Crippen molar-refractivity contribution >= 4 is 29.9 Å². The second kappa shape index (κ2) is 11.0. The van der Waals surface area contributed by atoms with Gasteiger partial charge >= 0.3 is 0 Å². The Morgan fingerprint density at radius 2 is 1.68 bits per heavy atom. The maximum absolute atomic E-state index is 4.98. The number of nitrogens with zero attached hydrogens (tertiary/aromatic N) is 2. The lowest BCUT2D eigenvalue weighted by molar-refractivity contribution is 0.203. The minimum absolute atomic E-state index is 0. The minimum atomic E-state index is 0. The van der Waals surface area contributed by atoms with E-state index in [4.69, 9.17) is 4.99 Å². The van der Waals surface area contributed by atoms with Crippen molar-refractivity contribution in [2.75, 3.05) is 32.7 Å². The Kier molecular flexibility index (Phi) is 9.31. The fourth-order valence-electron chi connectivity index (χ4n) is 4.12. The van der Waals surface area contributed by atoms with Gasteiger partial charge in [0.15, 0.2) is 5.96 Å². The highest BCUT2D eigenvalue weighted by atomic mass is 127. The third-order valence-electron chi connectivity index (χ3n) is 6.02. The first-order chi connectivity index (χ1) is 11.8. The average molecular weight is 462 g/mol. The number of hydrogen-bond donors (Lipinski definition) is 2. The van der Waals surface area contributed by atoms with Crippen LogP contribution in [0.5, 0.6) is 0 Å². The predicted molar refractivity (Wildman–Crippen MR) is 118 cm³/mol. The van der Waals surface area contributed by atoms with Crippen molar-refractivity contribution < 1.29 is 0 Å². The molecule has 1 saturated heterocycles. The van der Waals surface area contributed by atoms with Gasteiger partial charge in [-0.1, -0.05) is 13.3 Å². The van der Waals surface area contributed by atoms with Crippen LogP contribution in [0.4, 0.5) is 0 Å². The summed E-state index contributed by atoms with van der Waals surface area (Å²) in [5, 5.41) is 7.19. The Labute approximate surface area is 172 Å². The number of piperidine rings is 1. The van der Waals surface area contributed by atoms with Crippen LogP contribution >= 0.6 is 24.0 Å². The molecule has 2 aliphatic carbocycles. The molecule has 0 unspecified atom stereocenters. The standard InChI is InChI=1S/C20H38N4.HI/c1-3-5-12-24-13-10-18(11-14-24)23-20(21-4-2)22-15-19(16-6-7-16)17-8-9-17;/h16-19H,3-15H2,1-2H3,(H2,21,22,23);1H. The summed E-state index contributed by atoms with van der Waals surface area (Å²) in [5.41, 5.74) is 0. The summed E-state index contributed by atoms with van der Waals surface area (Å²) in [4.78, 5) is 7.61. The van der Waals surface area contributed by atoms with Gasteiger partial charge in [0.2, 0.25) is 0 Å². The molecular weight excluding hydrogens is 423 g/mol. The van der Waals surface area contributed by atoms with Gasteiger partial charge in [-0.2, -0.15) is 0 Å². The van der Waals surface area contributed by atoms with Gasteiger partial charge in [-0.3, -0.25) is 4.99 Å². The number of nitrogens with one attached hydrogen (secondary N) is 2. The molecular formula is C20H39IN4. The van der Waals surface area contributed by atoms with Crippen molar-refractivity contribution in [3.05, 3.63) is 0 Å². The lowest BCUT2D eigenvalue weighted by atomic mass is 9.98. The molecule has 3 fully saturated rings. The van der Waals surface area contributed by atoms with Crippen molar-refractivity contribution in [1.29, 1.82) is 0 Å². The van der Waals surface area contributed by atoms with Crippen LogP contribution in [0.1, 0.15) is 65.2 Å². The van der Waals surface area contributed by atoms with E-state index in [1.54, 1.807) is 0 Å². The fraction of sp³-hybridized carbons (Fsp3) is 0.950. The summed E-state index contributed by atoms with van der Waals surface area (Å²) >= 11 is 0. The molecule has 25 heavy (non-hydrogen) atoms. The van der Waals surface area contributed by atoms with E-state index in [9.17, 15) is 0 Å². The summed E-state index contributed by atoms with van der Waals surface area (Å²) in [6, 6.07) is 0.598. The van der Waals surface area contributed by atoms with E-state index in [0.29, 0.717) is 6.04 Å². The highest BCUT2D eigenvalue weighted by Gasteiger charge is 2.41. The van der Waals surface area contributed by atoms with Crippen LogP contribution in [-0.4, -0.2) is 49.6 Å². The molecule has 0 atom stereocenters. The average Bonchev–Trinajstić information content (AvgIpc) is 3.47. The van der Waals surface area contributed by atoms with Crippen molar-refractivity contribution in [2.45, 2.75) is 71.3 Å². The molecule has 1 aliphatic heterocycles.